The van der Waals surface area contributed by atoms with E-state index in [-0.39, 0.29) is 44.4 Å². The molecular formula is C39H65N2O6S2. The third-order valence-corrected chi connectivity index (χ3v) is 11.3. The van der Waals surface area contributed by atoms with Gasteiger partial charge in [0.05, 0.1) is 18.9 Å². The Balaban J connectivity index is 2.43. The van der Waals surface area contributed by atoms with Crippen molar-refractivity contribution < 1.29 is 26.3 Å². The van der Waals surface area contributed by atoms with Crippen LogP contribution in [0.1, 0.15) is 144 Å². The minimum atomic E-state index is -4.19. The van der Waals surface area contributed by atoms with E-state index < -0.39 is 20.0 Å². The predicted octanol–water partition coefficient (Wildman–Crippen LogP) is 10.2. The standard InChI is InChI=1S/C39H65N2O6S2/c1-9-12-14-16-18-20-27-46-34-24-22-32(39(7,8)31-38(4,5)6)29-36(34)49(44,45)41-33-23-25-35(47-28-21-19-17-15-13-10-2)37(30-33)48(42,43)40-26-11-3/h11,22-25,29-30,40-41H,9-10,12-21,26-28,31H2,1-8H3. The molecule has 0 aromatic heterocycles. The summed E-state index contributed by atoms with van der Waals surface area (Å²) in [6.07, 6.45) is 15.5. The second-order valence-corrected chi connectivity index (χ2v) is 18.4. The molecule has 0 aliphatic heterocycles. The first-order chi connectivity index (χ1) is 23.1. The molecule has 279 valence electrons. The summed E-state index contributed by atoms with van der Waals surface area (Å²) in [5, 5.41) is 0. The fourth-order valence-corrected chi connectivity index (χ4v) is 8.63. The molecule has 0 unspecified atom stereocenters. The molecule has 0 aliphatic carbocycles. The highest BCUT2D eigenvalue weighted by atomic mass is 32.2. The Hall–Kier alpha value is -2.30. The van der Waals surface area contributed by atoms with Gasteiger partial charge in [0.15, 0.2) is 0 Å². The van der Waals surface area contributed by atoms with Crippen molar-refractivity contribution in [2.24, 2.45) is 5.41 Å². The Morgan fingerprint density at radius 3 is 1.65 bits per heavy atom. The van der Waals surface area contributed by atoms with Crippen LogP contribution in [0.4, 0.5) is 5.69 Å². The molecule has 0 bridgehead atoms. The van der Waals surface area contributed by atoms with Crippen molar-refractivity contribution in [3.63, 3.8) is 0 Å². The van der Waals surface area contributed by atoms with Crippen LogP contribution in [0.5, 0.6) is 11.5 Å². The predicted molar refractivity (Wildman–Crippen MR) is 204 cm³/mol. The van der Waals surface area contributed by atoms with Gasteiger partial charge in [-0.3, -0.25) is 4.72 Å². The van der Waals surface area contributed by atoms with Gasteiger partial charge in [0.1, 0.15) is 21.3 Å². The molecule has 0 saturated carbocycles. The summed E-state index contributed by atoms with van der Waals surface area (Å²) in [5.41, 5.74) is 0.724. The Morgan fingerprint density at radius 2 is 1.14 bits per heavy atom. The lowest BCUT2D eigenvalue weighted by Crippen LogP contribution is -2.26. The summed E-state index contributed by atoms with van der Waals surface area (Å²) in [6, 6.07) is 9.82. The lowest BCUT2D eigenvalue weighted by Gasteiger charge is -2.33. The topological polar surface area (TPSA) is 111 Å². The highest BCUT2D eigenvalue weighted by Crippen LogP contribution is 2.39. The molecule has 0 aliphatic rings. The molecule has 0 amide bonds. The number of nitrogens with one attached hydrogen (secondary N) is 2. The van der Waals surface area contributed by atoms with Gasteiger partial charge in [0, 0.05) is 6.54 Å². The molecule has 0 heterocycles. The summed E-state index contributed by atoms with van der Waals surface area (Å²) >= 11 is 0. The zero-order chi connectivity index (χ0) is 36.6. The van der Waals surface area contributed by atoms with E-state index in [0.29, 0.717) is 13.2 Å². The maximum Gasteiger partial charge on any atom is 0.265 e. The van der Waals surface area contributed by atoms with Crippen molar-refractivity contribution in [2.45, 2.75) is 154 Å². The Morgan fingerprint density at radius 1 is 0.653 bits per heavy atom. The fraction of sp³-hybridized carbons (Fsp3) is 0.667. The minimum Gasteiger partial charge on any atom is -0.492 e. The van der Waals surface area contributed by atoms with Crippen LogP contribution < -0.4 is 18.9 Å². The molecule has 0 atom stereocenters. The molecule has 2 aromatic rings. The van der Waals surface area contributed by atoms with Crippen molar-refractivity contribution in [1.29, 1.82) is 0 Å². The Labute approximate surface area is 299 Å². The van der Waals surface area contributed by atoms with E-state index in [2.05, 4.69) is 57.9 Å². The molecule has 10 heteroatoms. The SMILES string of the molecule is C[CH]CNS(=O)(=O)c1cc(NS(=O)(=O)c2cc(C(C)(C)CC(C)(C)C)ccc2OCCCCCCCC)ccc1OCCCCCCCC. The molecular weight excluding hydrogens is 657 g/mol. The molecule has 0 fully saturated rings. The summed E-state index contributed by atoms with van der Waals surface area (Å²) in [5.74, 6) is 0.470. The van der Waals surface area contributed by atoms with Crippen LogP contribution in [0.15, 0.2) is 46.2 Å². The highest BCUT2D eigenvalue weighted by molar-refractivity contribution is 7.92. The lowest BCUT2D eigenvalue weighted by molar-refractivity contribution is 0.281. The van der Waals surface area contributed by atoms with Crippen molar-refractivity contribution in [3.05, 3.63) is 48.4 Å². The van der Waals surface area contributed by atoms with Crippen LogP contribution in [-0.4, -0.2) is 36.6 Å². The third kappa shape index (κ3) is 15.2. The van der Waals surface area contributed by atoms with Gasteiger partial charge in [-0.25, -0.2) is 21.6 Å². The summed E-state index contributed by atoms with van der Waals surface area (Å²) in [4.78, 5) is -0.0791. The van der Waals surface area contributed by atoms with Gasteiger partial charge in [-0.1, -0.05) is 126 Å². The minimum absolute atomic E-state index is 0.0259. The van der Waals surface area contributed by atoms with Crippen molar-refractivity contribution in [1.82, 2.24) is 4.72 Å². The second-order valence-electron chi connectivity index (χ2n) is 15.0. The van der Waals surface area contributed by atoms with E-state index >= 15 is 0 Å². The Bertz CT molecular complexity index is 1480. The smallest absolute Gasteiger partial charge is 0.265 e. The van der Waals surface area contributed by atoms with Gasteiger partial charge in [-0.2, -0.15) is 0 Å². The molecule has 2 N–H and O–H groups in total. The number of ether oxygens (including phenoxy) is 2. The number of benzene rings is 2. The number of anilines is 1. The number of rotatable bonds is 25. The summed E-state index contributed by atoms with van der Waals surface area (Å²) in [6.45, 7) is 17.8. The maximum absolute atomic E-state index is 14.1. The van der Waals surface area contributed by atoms with Crippen molar-refractivity contribution in [2.75, 3.05) is 24.5 Å². The van der Waals surface area contributed by atoms with Gasteiger partial charge >= 0.3 is 0 Å². The van der Waals surface area contributed by atoms with E-state index in [1.54, 1.807) is 31.5 Å². The van der Waals surface area contributed by atoms with Crippen molar-refractivity contribution in [3.8, 4) is 11.5 Å². The van der Waals surface area contributed by atoms with Crippen LogP contribution in [0, 0.1) is 11.8 Å². The zero-order valence-electron chi connectivity index (χ0n) is 31.6. The summed E-state index contributed by atoms with van der Waals surface area (Å²) in [7, 11) is -8.18. The van der Waals surface area contributed by atoms with Gasteiger partial charge in [0.25, 0.3) is 10.0 Å². The number of unbranched alkanes of at least 4 members (excludes halogenated alkanes) is 10. The zero-order valence-corrected chi connectivity index (χ0v) is 33.3. The monoisotopic (exact) mass is 721 g/mol. The fourth-order valence-electron chi connectivity index (χ4n) is 6.20. The van der Waals surface area contributed by atoms with E-state index in [9.17, 15) is 16.8 Å². The molecule has 1 radical (unpaired) electrons. The number of hydrogen-bond donors (Lipinski definition) is 2. The van der Waals surface area contributed by atoms with Crippen molar-refractivity contribution >= 4 is 25.7 Å². The van der Waals surface area contributed by atoms with Crippen LogP contribution in [-0.2, 0) is 25.5 Å². The van der Waals surface area contributed by atoms with Crippen LogP contribution in [0.25, 0.3) is 0 Å². The van der Waals surface area contributed by atoms with E-state index in [1.165, 1.54) is 50.7 Å². The number of sulfonamides is 2. The largest absolute Gasteiger partial charge is 0.492 e. The van der Waals surface area contributed by atoms with Gasteiger partial charge in [0.2, 0.25) is 10.0 Å². The van der Waals surface area contributed by atoms with Crippen LogP contribution in [0.3, 0.4) is 0 Å². The maximum atomic E-state index is 14.1. The van der Waals surface area contributed by atoms with Crippen LogP contribution in [0.2, 0.25) is 0 Å². The lowest BCUT2D eigenvalue weighted by atomic mass is 9.72. The van der Waals surface area contributed by atoms with Crippen LogP contribution >= 0.6 is 0 Å². The van der Waals surface area contributed by atoms with E-state index in [0.717, 1.165) is 50.5 Å². The quantitative estimate of drug-likeness (QED) is 0.0988. The molecule has 0 saturated heterocycles. The molecule has 2 rings (SSSR count). The number of hydrogen-bond acceptors (Lipinski definition) is 6. The third-order valence-electron chi connectivity index (χ3n) is 8.46. The average molecular weight is 722 g/mol. The van der Waals surface area contributed by atoms with E-state index in [1.807, 2.05) is 6.07 Å². The normalized spacial score (nSPS) is 12.7. The van der Waals surface area contributed by atoms with Gasteiger partial charge in [-0.15, -0.1) is 0 Å². The first-order valence-corrected chi connectivity index (χ1v) is 21.4. The highest BCUT2D eigenvalue weighted by Gasteiger charge is 2.30. The Kier molecular flexibility index (Phi) is 18.0. The molecule has 49 heavy (non-hydrogen) atoms. The van der Waals surface area contributed by atoms with E-state index in [4.69, 9.17) is 9.47 Å². The molecule has 0 spiro atoms. The second kappa shape index (κ2) is 20.5. The first kappa shape index (κ1) is 42.9. The van der Waals surface area contributed by atoms with Gasteiger partial charge in [-0.05, 0) is 72.4 Å². The average Bonchev–Trinajstić information content (AvgIpc) is 3.02. The summed E-state index contributed by atoms with van der Waals surface area (Å²) < 4.78 is 72.2. The molecule has 8 nitrogen and oxygen atoms in total. The molecule has 2 aromatic carbocycles. The van der Waals surface area contributed by atoms with Gasteiger partial charge < -0.3 is 9.47 Å². The first-order valence-electron chi connectivity index (χ1n) is 18.4.